The minimum Gasteiger partial charge on any atom is -0.494 e. The number of aliphatic carboxylic acids is 1. The number of ether oxygens (including phenoxy) is 2. The first-order valence-corrected chi connectivity index (χ1v) is 12.1. The zero-order chi connectivity index (χ0) is 26.7. The van der Waals surface area contributed by atoms with Gasteiger partial charge in [0.25, 0.3) is 0 Å². The third-order valence-electron chi connectivity index (χ3n) is 6.14. The average Bonchev–Trinajstić information content (AvgIpc) is 2.88. The van der Waals surface area contributed by atoms with Crippen LogP contribution in [0.3, 0.4) is 0 Å². The van der Waals surface area contributed by atoms with Crippen molar-refractivity contribution in [3.63, 3.8) is 0 Å². The fourth-order valence-electron chi connectivity index (χ4n) is 4.06. The molecule has 1 aliphatic rings. The molecule has 0 bridgehead atoms. The van der Waals surface area contributed by atoms with E-state index >= 15 is 0 Å². The van der Waals surface area contributed by atoms with Crippen molar-refractivity contribution in [2.45, 2.75) is 22.7 Å². The number of nitrogen functional groups attached to an aromatic ring is 1. The number of aliphatic hydroxyl groups is 1. The van der Waals surface area contributed by atoms with Crippen molar-refractivity contribution < 1.29 is 33.3 Å². The van der Waals surface area contributed by atoms with Crippen LogP contribution in [0, 0.1) is 17.6 Å². The summed E-state index contributed by atoms with van der Waals surface area (Å²) >= 11 is 1.14. The molecule has 37 heavy (non-hydrogen) atoms. The number of carboxylic acid groups (broad SMARTS) is 1. The molecule has 4 N–H and O–H groups in total. The van der Waals surface area contributed by atoms with Crippen molar-refractivity contribution in [2.24, 2.45) is 5.92 Å². The number of anilines is 1. The molecular weight excluding hydrogens is 500 g/mol. The number of aliphatic hydroxyl groups excluding tert-OH is 1. The third kappa shape index (κ3) is 5.33. The Balaban J connectivity index is 1.79. The molecule has 3 unspecified atom stereocenters. The minimum atomic E-state index is -1.33. The normalized spacial score (nSPS) is 19.7. The van der Waals surface area contributed by atoms with Crippen molar-refractivity contribution in [2.75, 3.05) is 12.8 Å². The van der Waals surface area contributed by atoms with Crippen LogP contribution in [0.2, 0.25) is 0 Å². The highest BCUT2D eigenvalue weighted by Gasteiger charge is 2.45. The van der Waals surface area contributed by atoms with E-state index in [9.17, 15) is 23.8 Å². The number of allylic oxidation sites excluding steroid dienone is 2. The van der Waals surface area contributed by atoms with Crippen molar-refractivity contribution in [3.8, 4) is 17.2 Å². The number of halogens is 2. The van der Waals surface area contributed by atoms with Gasteiger partial charge in [-0.15, -0.1) is 11.8 Å². The second-order valence-electron chi connectivity index (χ2n) is 8.49. The van der Waals surface area contributed by atoms with Crippen LogP contribution in [0.15, 0.2) is 89.4 Å². The van der Waals surface area contributed by atoms with E-state index in [1.54, 1.807) is 42.5 Å². The first-order valence-electron chi connectivity index (χ1n) is 11.3. The number of benzene rings is 3. The predicted octanol–water partition coefficient (Wildman–Crippen LogP) is 5.91. The largest absolute Gasteiger partial charge is 0.494 e. The van der Waals surface area contributed by atoms with E-state index in [4.69, 9.17) is 15.2 Å². The van der Waals surface area contributed by atoms with E-state index in [-0.39, 0.29) is 11.3 Å². The highest BCUT2D eigenvalue weighted by Crippen LogP contribution is 2.52. The van der Waals surface area contributed by atoms with Crippen LogP contribution < -0.4 is 15.2 Å². The maximum absolute atomic E-state index is 14.8. The van der Waals surface area contributed by atoms with Crippen LogP contribution >= 0.6 is 11.8 Å². The van der Waals surface area contributed by atoms with Crippen LogP contribution in [-0.2, 0) is 9.54 Å². The summed E-state index contributed by atoms with van der Waals surface area (Å²) < 4.78 is 37.7. The molecule has 4 rings (SSSR count). The van der Waals surface area contributed by atoms with Gasteiger partial charge in [0.2, 0.25) is 0 Å². The van der Waals surface area contributed by atoms with Crippen LogP contribution in [0.1, 0.15) is 12.5 Å². The van der Waals surface area contributed by atoms with Gasteiger partial charge in [0.1, 0.15) is 17.3 Å². The van der Waals surface area contributed by atoms with Crippen LogP contribution in [0.4, 0.5) is 14.5 Å². The summed E-state index contributed by atoms with van der Waals surface area (Å²) in [6.07, 6.45) is 3.56. The van der Waals surface area contributed by atoms with Crippen molar-refractivity contribution in [3.05, 3.63) is 102 Å². The van der Waals surface area contributed by atoms with Crippen LogP contribution in [-0.4, -0.2) is 29.4 Å². The second kappa shape index (κ2) is 10.7. The molecule has 0 saturated carbocycles. The molecule has 1 aliphatic carbocycles. The van der Waals surface area contributed by atoms with Crippen LogP contribution in [0.5, 0.6) is 17.2 Å². The lowest BCUT2D eigenvalue weighted by Gasteiger charge is -2.40. The smallest absolute Gasteiger partial charge is 0.310 e. The van der Waals surface area contributed by atoms with Crippen molar-refractivity contribution in [1.82, 2.24) is 0 Å². The highest BCUT2D eigenvalue weighted by molar-refractivity contribution is 8.00. The van der Waals surface area contributed by atoms with Crippen LogP contribution in [0.25, 0.3) is 0 Å². The van der Waals surface area contributed by atoms with E-state index < -0.39 is 34.4 Å². The molecule has 6 nitrogen and oxygen atoms in total. The molecule has 0 aliphatic heterocycles. The lowest BCUT2D eigenvalue weighted by molar-refractivity contribution is -0.140. The van der Waals surface area contributed by atoms with E-state index in [1.165, 1.54) is 50.4 Å². The van der Waals surface area contributed by atoms with E-state index in [0.717, 1.165) is 11.8 Å². The molecule has 3 atom stereocenters. The quantitative estimate of drug-likeness (QED) is 0.314. The maximum Gasteiger partial charge on any atom is 0.310 e. The number of rotatable bonds is 8. The van der Waals surface area contributed by atoms with Gasteiger partial charge < -0.3 is 25.4 Å². The molecule has 0 heterocycles. The number of hydrogen-bond acceptors (Lipinski definition) is 6. The van der Waals surface area contributed by atoms with Gasteiger partial charge in [-0.1, -0.05) is 24.3 Å². The Labute approximate surface area is 217 Å². The monoisotopic (exact) mass is 525 g/mol. The SMILES string of the molecule is COc1ccc(C2(Sc3cc(Oc4ccc(F)cc4)ccc3N)C=CC=C(C(C)C(=O)O)C2O)cc1F. The average molecular weight is 526 g/mol. The van der Waals surface area contributed by atoms with Gasteiger partial charge in [0.05, 0.1) is 23.9 Å². The molecule has 0 aromatic heterocycles. The standard InChI is InChI=1S/C28H25F2NO5S/c1-16(27(33)34)21-4-3-13-28(26(21)32,17-5-12-24(35-2)22(30)14-17)37-25-15-20(10-11-23(25)31)36-19-8-6-18(29)7-9-19/h3-16,26,32H,31H2,1-2H3,(H,33,34). The van der Waals surface area contributed by atoms with E-state index in [0.29, 0.717) is 27.6 Å². The molecule has 0 saturated heterocycles. The highest BCUT2D eigenvalue weighted by atomic mass is 32.2. The maximum atomic E-state index is 14.8. The van der Waals surface area contributed by atoms with Gasteiger partial charge in [-0.05, 0) is 72.7 Å². The summed E-state index contributed by atoms with van der Waals surface area (Å²) in [4.78, 5) is 12.3. The topological polar surface area (TPSA) is 102 Å². The summed E-state index contributed by atoms with van der Waals surface area (Å²) in [6.45, 7) is 1.48. The van der Waals surface area contributed by atoms with Gasteiger partial charge >= 0.3 is 5.97 Å². The summed E-state index contributed by atoms with van der Waals surface area (Å²) in [5.41, 5.74) is 7.30. The Morgan fingerprint density at radius 3 is 2.43 bits per heavy atom. The predicted molar refractivity (Wildman–Crippen MR) is 138 cm³/mol. The fourth-order valence-corrected chi connectivity index (χ4v) is 5.42. The summed E-state index contributed by atoms with van der Waals surface area (Å²) in [7, 11) is 1.35. The Morgan fingerprint density at radius 2 is 1.78 bits per heavy atom. The Morgan fingerprint density at radius 1 is 1.08 bits per heavy atom. The molecular formula is C28H25F2NO5S. The molecule has 0 radical (unpaired) electrons. The zero-order valence-electron chi connectivity index (χ0n) is 20.0. The third-order valence-corrected chi connectivity index (χ3v) is 7.65. The van der Waals surface area contributed by atoms with Gasteiger partial charge in [-0.2, -0.15) is 0 Å². The number of nitrogens with two attached hydrogens (primary N) is 1. The van der Waals surface area contributed by atoms with E-state index in [1.807, 2.05) is 0 Å². The first-order chi connectivity index (χ1) is 17.6. The van der Waals surface area contributed by atoms with Gasteiger partial charge in [-0.3, -0.25) is 4.79 Å². The molecule has 0 fully saturated rings. The number of thioether (sulfide) groups is 1. The van der Waals surface area contributed by atoms with Crippen molar-refractivity contribution >= 4 is 23.4 Å². The first kappa shape index (κ1) is 26.2. The molecule has 9 heteroatoms. The Hall–Kier alpha value is -3.82. The summed E-state index contributed by atoms with van der Waals surface area (Å²) in [5, 5.41) is 21.2. The van der Waals surface area contributed by atoms with Crippen molar-refractivity contribution in [1.29, 1.82) is 0 Å². The number of hydrogen-bond donors (Lipinski definition) is 3. The molecule has 0 amide bonds. The lowest BCUT2D eigenvalue weighted by Crippen LogP contribution is -2.40. The second-order valence-corrected chi connectivity index (χ2v) is 9.81. The number of carboxylic acids is 1. The summed E-state index contributed by atoms with van der Waals surface area (Å²) in [6, 6.07) is 14.8. The summed E-state index contributed by atoms with van der Waals surface area (Å²) in [5.74, 6) is -2.28. The van der Waals surface area contributed by atoms with E-state index in [2.05, 4.69) is 0 Å². The zero-order valence-corrected chi connectivity index (χ0v) is 20.8. The van der Waals surface area contributed by atoms with Gasteiger partial charge in [0, 0.05) is 10.6 Å². The van der Waals surface area contributed by atoms with Gasteiger partial charge in [-0.25, -0.2) is 8.78 Å². The number of methoxy groups -OCH3 is 1. The minimum absolute atomic E-state index is 0.0297. The number of carbonyl (C=O) groups is 1. The lowest BCUT2D eigenvalue weighted by atomic mass is 9.80. The molecule has 0 spiro atoms. The molecule has 192 valence electrons. The Kier molecular flexibility index (Phi) is 7.56. The fraction of sp³-hybridized carbons (Fsp3) is 0.179. The molecule has 3 aromatic rings. The Bertz CT molecular complexity index is 1380. The van der Waals surface area contributed by atoms with Gasteiger partial charge in [0.15, 0.2) is 11.6 Å². The molecule has 3 aromatic carbocycles.